The fraction of sp³-hybridized carbons (Fsp3) is 0.167. The number of nitrogens with zero attached hydrogens (tertiary/aromatic N) is 2. The van der Waals surface area contributed by atoms with E-state index in [1.807, 2.05) is 72.2 Å². The minimum Gasteiger partial charge on any atom is -0.497 e. The number of thioether (sulfide) groups is 1. The SMILES string of the molecule is COc1ccc2c(c1)c(C1=C(c3cn(C)c4cc(SC)ccc34)C(=O)NC1=O)cn2C. The molecular weight excluding hydrogens is 410 g/mol. The minimum atomic E-state index is -0.381. The van der Waals surface area contributed by atoms with Crippen molar-refractivity contribution in [2.45, 2.75) is 4.90 Å². The third kappa shape index (κ3) is 2.88. The highest BCUT2D eigenvalue weighted by Gasteiger charge is 2.35. The standard InChI is InChI=1S/C24H21N3O3S/c1-26-12-18(16-9-13(30-3)5-8-19(16)26)22-21(23(28)25-24(22)29)17-11-27(2)20-10-14(31-4)6-7-15(17)20/h5-12H,1-4H3,(H,25,28,29). The number of methoxy groups -OCH3 is 1. The summed E-state index contributed by atoms with van der Waals surface area (Å²) < 4.78 is 9.35. The molecule has 31 heavy (non-hydrogen) atoms. The predicted molar refractivity (Wildman–Crippen MR) is 124 cm³/mol. The van der Waals surface area contributed by atoms with E-state index >= 15 is 0 Å². The van der Waals surface area contributed by atoms with Gasteiger partial charge in [-0.15, -0.1) is 11.8 Å². The molecule has 1 N–H and O–H groups in total. The monoisotopic (exact) mass is 431 g/mol. The zero-order chi connectivity index (χ0) is 21.9. The Hall–Kier alpha value is -3.45. The summed E-state index contributed by atoms with van der Waals surface area (Å²) in [6, 6.07) is 11.9. The van der Waals surface area contributed by atoms with Gasteiger partial charge in [-0.2, -0.15) is 0 Å². The van der Waals surface area contributed by atoms with Crippen molar-refractivity contribution in [1.82, 2.24) is 14.5 Å². The van der Waals surface area contributed by atoms with Crippen LogP contribution in [0.4, 0.5) is 0 Å². The lowest BCUT2D eigenvalue weighted by Gasteiger charge is -2.05. The van der Waals surface area contributed by atoms with Crippen molar-refractivity contribution in [2.24, 2.45) is 14.1 Å². The summed E-state index contributed by atoms with van der Waals surface area (Å²) in [5, 5.41) is 4.31. The van der Waals surface area contributed by atoms with E-state index in [9.17, 15) is 9.59 Å². The summed E-state index contributed by atoms with van der Waals surface area (Å²) in [4.78, 5) is 27.1. The molecule has 0 saturated heterocycles. The van der Waals surface area contributed by atoms with Gasteiger partial charge in [-0.05, 0) is 36.6 Å². The lowest BCUT2D eigenvalue weighted by Crippen LogP contribution is -2.22. The maximum Gasteiger partial charge on any atom is 0.259 e. The van der Waals surface area contributed by atoms with Gasteiger partial charge in [0.05, 0.1) is 18.3 Å². The first-order chi connectivity index (χ1) is 14.9. The number of carbonyl (C=O) groups excluding carboxylic acids is 2. The van der Waals surface area contributed by atoms with E-state index in [0.29, 0.717) is 22.5 Å². The van der Waals surface area contributed by atoms with Gasteiger partial charge in [-0.3, -0.25) is 14.9 Å². The van der Waals surface area contributed by atoms with Crippen LogP contribution in [-0.4, -0.2) is 34.3 Å². The smallest absolute Gasteiger partial charge is 0.259 e. The number of fused-ring (bicyclic) bond motifs is 2. The molecule has 5 rings (SSSR count). The normalized spacial score (nSPS) is 14.2. The van der Waals surface area contributed by atoms with Crippen LogP contribution < -0.4 is 10.1 Å². The Bertz CT molecular complexity index is 1440. The maximum atomic E-state index is 13.0. The highest BCUT2D eigenvalue weighted by Crippen LogP contribution is 2.39. The third-order valence-electron chi connectivity index (χ3n) is 5.86. The average molecular weight is 432 g/mol. The van der Waals surface area contributed by atoms with Gasteiger partial charge in [0.25, 0.3) is 11.8 Å². The number of hydrogen-bond donors (Lipinski definition) is 1. The van der Waals surface area contributed by atoms with Gasteiger partial charge in [-0.25, -0.2) is 0 Å². The number of benzene rings is 2. The second-order valence-corrected chi connectivity index (χ2v) is 8.49. The molecular formula is C24H21N3O3S. The number of carbonyl (C=O) groups is 2. The number of amides is 2. The topological polar surface area (TPSA) is 65.3 Å². The fourth-order valence-electron chi connectivity index (χ4n) is 4.36. The molecule has 0 radical (unpaired) electrons. The van der Waals surface area contributed by atoms with Gasteiger partial charge in [0.1, 0.15) is 5.75 Å². The van der Waals surface area contributed by atoms with E-state index in [4.69, 9.17) is 4.74 Å². The lowest BCUT2D eigenvalue weighted by atomic mass is 9.95. The molecule has 1 aliphatic rings. The first-order valence-electron chi connectivity index (χ1n) is 9.79. The molecule has 0 atom stereocenters. The van der Waals surface area contributed by atoms with Crippen molar-refractivity contribution in [1.29, 1.82) is 0 Å². The van der Waals surface area contributed by atoms with Gasteiger partial charge in [-0.1, -0.05) is 6.07 Å². The number of ether oxygens (including phenoxy) is 1. The highest BCUT2D eigenvalue weighted by atomic mass is 32.2. The second kappa shape index (κ2) is 7.06. The van der Waals surface area contributed by atoms with E-state index in [2.05, 4.69) is 11.4 Å². The first-order valence-corrected chi connectivity index (χ1v) is 11.0. The number of hydrogen-bond acceptors (Lipinski definition) is 4. The molecule has 2 aromatic carbocycles. The van der Waals surface area contributed by atoms with Crippen LogP contribution in [0.5, 0.6) is 5.75 Å². The van der Waals surface area contributed by atoms with Crippen LogP contribution in [0.3, 0.4) is 0 Å². The first kappa shape index (κ1) is 19.5. The molecule has 0 spiro atoms. The van der Waals surface area contributed by atoms with Crippen LogP contribution in [0.25, 0.3) is 33.0 Å². The maximum absolute atomic E-state index is 13.0. The van der Waals surface area contributed by atoms with Gasteiger partial charge in [0.2, 0.25) is 0 Å². The Kier molecular flexibility index (Phi) is 4.44. The average Bonchev–Trinajstić information content (AvgIpc) is 3.37. The molecule has 1 aliphatic heterocycles. The van der Waals surface area contributed by atoms with Crippen LogP contribution >= 0.6 is 11.8 Å². The summed E-state index contributed by atoms with van der Waals surface area (Å²) >= 11 is 1.67. The zero-order valence-corrected chi connectivity index (χ0v) is 18.5. The van der Waals surface area contributed by atoms with E-state index in [1.54, 1.807) is 18.9 Å². The Morgan fingerprint density at radius 2 is 1.48 bits per heavy atom. The number of aryl methyl sites for hydroxylation is 2. The summed E-state index contributed by atoms with van der Waals surface area (Å²) in [5.74, 6) is -0.0593. The Morgan fingerprint density at radius 1 is 0.839 bits per heavy atom. The van der Waals surface area contributed by atoms with Crippen LogP contribution in [0.15, 0.2) is 53.7 Å². The summed E-state index contributed by atoms with van der Waals surface area (Å²) in [6.45, 7) is 0. The van der Waals surface area contributed by atoms with Gasteiger partial charge < -0.3 is 13.9 Å². The van der Waals surface area contributed by atoms with Crippen LogP contribution in [0.2, 0.25) is 0 Å². The highest BCUT2D eigenvalue weighted by molar-refractivity contribution is 7.98. The molecule has 0 aliphatic carbocycles. The molecule has 0 fully saturated rings. The molecule has 3 heterocycles. The van der Waals surface area contributed by atoms with Gasteiger partial charge >= 0.3 is 0 Å². The number of imide groups is 1. The molecule has 7 heteroatoms. The van der Waals surface area contributed by atoms with Gasteiger partial charge in [0.15, 0.2) is 0 Å². The van der Waals surface area contributed by atoms with Crippen molar-refractivity contribution in [2.75, 3.05) is 13.4 Å². The molecule has 0 saturated carbocycles. The summed E-state index contributed by atoms with van der Waals surface area (Å²) in [6.07, 6.45) is 5.85. The molecule has 0 bridgehead atoms. The number of nitrogens with one attached hydrogen (secondary N) is 1. The summed E-state index contributed by atoms with van der Waals surface area (Å²) in [5.41, 5.74) is 4.24. The Labute approximate surface area is 183 Å². The van der Waals surface area contributed by atoms with Crippen molar-refractivity contribution in [3.63, 3.8) is 0 Å². The van der Waals surface area contributed by atoms with Crippen molar-refractivity contribution < 1.29 is 14.3 Å². The quantitative estimate of drug-likeness (QED) is 0.392. The van der Waals surface area contributed by atoms with Crippen molar-refractivity contribution in [3.05, 3.63) is 59.9 Å². The van der Waals surface area contributed by atoms with Crippen molar-refractivity contribution in [3.8, 4) is 5.75 Å². The van der Waals surface area contributed by atoms with Crippen LogP contribution in [0.1, 0.15) is 11.1 Å². The zero-order valence-electron chi connectivity index (χ0n) is 17.6. The third-order valence-corrected chi connectivity index (χ3v) is 6.59. The molecule has 156 valence electrons. The van der Waals surface area contributed by atoms with Gasteiger partial charge in [0, 0.05) is 64.3 Å². The minimum absolute atomic E-state index is 0.374. The molecule has 2 amide bonds. The van der Waals surface area contributed by atoms with Crippen LogP contribution in [-0.2, 0) is 23.7 Å². The Morgan fingerprint density at radius 3 is 2.13 bits per heavy atom. The largest absolute Gasteiger partial charge is 0.497 e. The summed E-state index contributed by atoms with van der Waals surface area (Å²) in [7, 11) is 5.49. The van der Waals surface area contributed by atoms with Crippen LogP contribution in [0, 0.1) is 0 Å². The molecule has 0 unspecified atom stereocenters. The van der Waals surface area contributed by atoms with E-state index in [1.165, 1.54) is 0 Å². The van der Waals surface area contributed by atoms with E-state index in [-0.39, 0.29) is 11.8 Å². The van der Waals surface area contributed by atoms with E-state index in [0.717, 1.165) is 32.3 Å². The Balaban J connectivity index is 1.83. The predicted octanol–water partition coefficient (Wildman–Crippen LogP) is 3.97. The number of aromatic nitrogens is 2. The molecule has 6 nitrogen and oxygen atoms in total. The second-order valence-electron chi connectivity index (χ2n) is 7.61. The van der Waals surface area contributed by atoms with E-state index < -0.39 is 0 Å². The fourth-order valence-corrected chi connectivity index (χ4v) is 4.79. The molecule has 2 aromatic heterocycles. The lowest BCUT2D eigenvalue weighted by molar-refractivity contribution is -0.122. The molecule has 4 aromatic rings. The number of rotatable bonds is 4. The van der Waals surface area contributed by atoms with Crippen molar-refractivity contribution >= 4 is 56.5 Å².